The van der Waals surface area contributed by atoms with Gasteiger partial charge in [0.05, 0.1) is 0 Å². The van der Waals surface area contributed by atoms with Crippen molar-refractivity contribution >= 4 is 29.6 Å². The van der Waals surface area contributed by atoms with Gasteiger partial charge in [0.1, 0.15) is 0 Å². The van der Waals surface area contributed by atoms with Crippen LogP contribution in [0.1, 0.15) is 19.8 Å². The summed E-state index contributed by atoms with van der Waals surface area (Å²) in [6.45, 7) is 3.12. The second-order valence-electron chi connectivity index (χ2n) is 5.08. The van der Waals surface area contributed by atoms with E-state index in [2.05, 4.69) is 32.6 Å². The molecule has 1 aromatic heterocycles. The molecule has 2 heterocycles. The molecule has 1 atom stereocenters. The Kier molecular flexibility index (Phi) is 4.31. The Labute approximate surface area is 117 Å². The highest BCUT2D eigenvalue weighted by Crippen LogP contribution is 2.37. The number of hydrazine groups is 1. The van der Waals surface area contributed by atoms with E-state index in [4.69, 9.17) is 5.84 Å². The summed E-state index contributed by atoms with van der Waals surface area (Å²) in [5.41, 5.74) is 2.47. The Balaban J connectivity index is 2.08. The zero-order valence-electron chi connectivity index (χ0n) is 11.6. The number of nitrogen functional groups attached to an aromatic ring is 1. The number of anilines is 3. The topological polar surface area (TPSA) is 92.0 Å². The molecule has 1 fully saturated rings. The molecule has 1 saturated heterocycles. The lowest BCUT2D eigenvalue weighted by molar-refractivity contribution is 0.632. The monoisotopic (exact) mass is 283 g/mol. The molecule has 0 aliphatic carbocycles. The first-order valence-corrected chi connectivity index (χ1v) is 7.29. The van der Waals surface area contributed by atoms with Crippen LogP contribution in [-0.4, -0.2) is 46.1 Å². The molecule has 1 aliphatic heterocycles. The molecule has 1 aliphatic rings. The minimum absolute atomic E-state index is 0.265. The summed E-state index contributed by atoms with van der Waals surface area (Å²) >= 11 is 2.00. The third kappa shape index (κ3) is 3.60. The van der Waals surface area contributed by atoms with E-state index in [9.17, 15) is 0 Å². The summed E-state index contributed by atoms with van der Waals surface area (Å²) in [6.07, 6.45) is 2.50. The van der Waals surface area contributed by atoms with Crippen molar-refractivity contribution in [3.8, 4) is 0 Å². The van der Waals surface area contributed by atoms with E-state index >= 15 is 0 Å². The summed E-state index contributed by atoms with van der Waals surface area (Å²) < 4.78 is 0.265. The zero-order valence-corrected chi connectivity index (χ0v) is 12.4. The van der Waals surface area contributed by atoms with Crippen LogP contribution in [0, 0.1) is 0 Å². The number of hydrogen-bond donors (Lipinski definition) is 3. The average Bonchev–Trinajstić information content (AvgIpc) is 2.83. The fourth-order valence-corrected chi connectivity index (χ4v) is 3.20. The quantitative estimate of drug-likeness (QED) is 0.543. The highest BCUT2D eigenvalue weighted by Gasteiger charge is 2.29. The van der Waals surface area contributed by atoms with Crippen molar-refractivity contribution in [3.63, 3.8) is 0 Å². The van der Waals surface area contributed by atoms with Crippen LogP contribution in [0.15, 0.2) is 0 Å². The predicted molar refractivity (Wildman–Crippen MR) is 80.6 cm³/mol. The molecule has 8 heteroatoms. The summed E-state index contributed by atoms with van der Waals surface area (Å²) in [5.74, 6) is 8.11. The molecular weight excluding hydrogens is 262 g/mol. The highest BCUT2D eigenvalue weighted by molar-refractivity contribution is 8.00. The van der Waals surface area contributed by atoms with Crippen molar-refractivity contribution in [2.45, 2.75) is 24.5 Å². The van der Waals surface area contributed by atoms with Crippen molar-refractivity contribution in [1.29, 1.82) is 0 Å². The summed E-state index contributed by atoms with van der Waals surface area (Å²) in [6, 6.07) is 0. The van der Waals surface area contributed by atoms with Crippen LogP contribution in [0.25, 0.3) is 0 Å². The fraction of sp³-hybridized carbons (Fsp3) is 0.727. The van der Waals surface area contributed by atoms with Crippen LogP contribution in [0.3, 0.4) is 0 Å². The normalized spacial score (nSPS) is 22.3. The Morgan fingerprint density at radius 3 is 2.63 bits per heavy atom. The first kappa shape index (κ1) is 14.1. The summed E-state index contributed by atoms with van der Waals surface area (Å²) in [5, 5.41) is 3.29. The Morgan fingerprint density at radius 1 is 1.32 bits per heavy atom. The molecule has 2 rings (SSSR count). The van der Waals surface area contributed by atoms with Crippen LogP contribution in [0.2, 0.25) is 0 Å². The summed E-state index contributed by atoms with van der Waals surface area (Å²) in [7, 11) is 3.76. The average molecular weight is 283 g/mol. The van der Waals surface area contributed by atoms with Gasteiger partial charge in [-0.2, -0.15) is 26.7 Å². The van der Waals surface area contributed by atoms with Crippen LogP contribution >= 0.6 is 11.8 Å². The number of aromatic nitrogens is 3. The lowest BCUT2D eigenvalue weighted by Crippen LogP contribution is -2.28. The van der Waals surface area contributed by atoms with Gasteiger partial charge in [0.2, 0.25) is 17.8 Å². The third-order valence-corrected chi connectivity index (χ3v) is 4.61. The fourth-order valence-electron chi connectivity index (χ4n) is 1.95. The Bertz CT molecular complexity index is 431. The van der Waals surface area contributed by atoms with Crippen molar-refractivity contribution in [2.75, 3.05) is 42.0 Å². The van der Waals surface area contributed by atoms with Gasteiger partial charge in [-0.1, -0.05) is 0 Å². The molecule has 0 spiro atoms. The molecular formula is C11H21N7S. The van der Waals surface area contributed by atoms with Crippen LogP contribution in [0.5, 0.6) is 0 Å². The second kappa shape index (κ2) is 5.79. The maximum atomic E-state index is 5.38. The molecule has 106 valence electrons. The van der Waals surface area contributed by atoms with E-state index in [0.29, 0.717) is 17.8 Å². The van der Waals surface area contributed by atoms with Gasteiger partial charge in [-0.15, -0.1) is 0 Å². The SMILES string of the molecule is CN(C)c1nc(NN)nc(NCC2(C)CCCS2)n1. The smallest absolute Gasteiger partial charge is 0.243 e. The largest absolute Gasteiger partial charge is 0.353 e. The third-order valence-electron chi connectivity index (χ3n) is 3.07. The lowest BCUT2D eigenvalue weighted by atomic mass is 10.1. The van der Waals surface area contributed by atoms with Crippen LogP contribution in [-0.2, 0) is 0 Å². The van der Waals surface area contributed by atoms with E-state index in [-0.39, 0.29) is 4.75 Å². The van der Waals surface area contributed by atoms with E-state index in [0.717, 1.165) is 6.54 Å². The number of nitrogens with one attached hydrogen (secondary N) is 2. The second-order valence-corrected chi connectivity index (χ2v) is 6.76. The number of rotatable bonds is 5. The van der Waals surface area contributed by atoms with E-state index in [1.54, 1.807) is 0 Å². The molecule has 4 N–H and O–H groups in total. The summed E-state index contributed by atoms with van der Waals surface area (Å²) in [4.78, 5) is 14.6. The Hall–Kier alpha value is -1.28. The maximum Gasteiger partial charge on any atom is 0.243 e. The minimum Gasteiger partial charge on any atom is -0.353 e. The first-order valence-electron chi connectivity index (χ1n) is 6.30. The standard InChI is InChI=1S/C11H21N7S/c1-11(5-4-6-19-11)7-13-8-14-9(17-12)16-10(15-8)18(2)3/h4-7,12H2,1-3H3,(H2,13,14,15,16,17). The number of hydrogen-bond acceptors (Lipinski definition) is 8. The molecule has 0 aromatic carbocycles. The van der Waals surface area contributed by atoms with Gasteiger partial charge >= 0.3 is 0 Å². The van der Waals surface area contributed by atoms with Crippen molar-refractivity contribution in [1.82, 2.24) is 15.0 Å². The lowest BCUT2D eigenvalue weighted by Gasteiger charge is -2.23. The number of nitrogens with two attached hydrogens (primary N) is 1. The van der Waals surface area contributed by atoms with Gasteiger partial charge in [-0.25, -0.2) is 5.84 Å². The molecule has 19 heavy (non-hydrogen) atoms. The molecule has 0 amide bonds. The molecule has 0 radical (unpaired) electrons. The van der Waals surface area contributed by atoms with Gasteiger partial charge < -0.3 is 10.2 Å². The number of nitrogens with zero attached hydrogens (tertiary/aromatic N) is 4. The highest BCUT2D eigenvalue weighted by atomic mass is 32.2. The zero-order chi connectivity index (χ0) is 13.9. The van der Waals surface area contributed by atoms with E-state index < -0.39 is 0 Å². The van der Waals surface area contributed by atoms with E-state index in [1.165, 1.54) is 18.6 Å². The van der Waals surface area contributed by atoms with Crippen LogP contribution in [0.4, 0.5) is 17.8 Å². The predicted octanol–water partition coefficient (Wildman–Crippen LogP) is 0.921. The molecule has 0 saturated carbocycles. The Morgan fingerprint density at radius 2 is 2.05 bits per heavy atom. The molecule has 1 unspecified atom stereocenters. The van der Waals surface area contributed by atoms with Crippen molar-refractivity contribution in [2.24, 2.45) is 5.84 Å². The molecule has 0 bridgehead atoms. The van der Waals surface area contributed by atoms with Crippen LogP contribution < -0.4 is 21.5 Å². The molecule has 1 aromatic rings. The molecule has 7 nitrogen and oxygen atoms in total. The first-order chi connectivity index (χ1) is 9.02. The van der Waals surface area contributed by atoms with Gasteiger partial charge in [0.15, 0.2) is 0 Å². The van der Waals surface area contributed by atoms with Gasteiger partial charge in [-0.05, 0) is 25.5 Å². The number of thioether (sulfide) groups is 1. The minimum atomic E-state index is 0.265. The maximum absolute atomic E-state index is 5.38. The van der Waals surface area contributed by atoms with E-state index in [1.807, 2.05) is 30.8 Å². The van der Waals surface area contributed by atoms with Gasteiger partial charge in [0.25, 0.3) is 0 Å². The van der Waals surface area contributed by atoms with Crippen molar-refractivity contribution in [3.05, 3.63) is 0 Å². The van der Waals surface area contributed by atoms with Crippen molar-refractivity contribution < 1.29 is 0 Å². The van der Waals surface area contributed by atoms with Gasteiger partial charge in [0, 0.05) is 25.4 Å². The van der Waals surface area contributed by atoms with Gasteiger partial charge in [-0.3, -0.25) is 5.43 Å².